The fourth-order valence-electron chi connectivity index (χ4n) is 1.52. The molecule has 0 radical (unpaired) electrons. The lowest BCUT2D eigenvalue weighted by Gasteiger charge is -2.09. The van der Waals surface area contributed by atoms with Crippen LogP contribution >= 0.6 is 15.9 Å². The van der Waals surface area contributed by atoms with Crippen molar-refractivity contribution in [3.05, 3.63) is 52.1 Å². The number of primary amides is 1. The van der Waals surface area contributed by atoms with Gasteiger partial charge >= 0.3 is 0 Å². The SMILES string of the molecule is Cc1ccnc(Oc2ccc(Br)cc2)c1C(N)=O. The fraction of sp³-hybridized carbons (Fsp3) is 0.0769. The molecule has 0 atom stereocenters. The van der Waals surface area contributed by atoms with Gasteiger partial charge in [-0.1, -0.05) is 15.9 Å². The summed E-state index contributed by atoms with van der Waals surface area (Å²) in [6.45, 7) is 1.79. The van der Waals surface area contributed by atoms with Gasteiger partial charge in [-0.25, -0.2) is 4.98 Å². The van der Waals surface area contributed by atoms with Crippen molar-refractivity contribution in [1.82, 2.24) is 4.98 Å². The van der Waals surface area contributed by atoms with Crippen LogP contribution in [0.2, 0.25) is 0 Å². The van der Waals surface area contributed by atoms with Crippen molar-refractivity contribution in [3.63, 3.8) is 0 Å². The van der Waals surface area contributed by atoms with Crippen molar-refractivity contribution < 1.29 is 9.53 Å². The topological polar surface area (TPSA) is 65.2 Å². The Labute approximate surface area is 113 Å². The predicted molar refractivity (Wildman–Crippen MR) is 71.7 cm³/mol. The van der Waals surface area contributed by atoms with Gasteiger partial charge in [0, 0.05) is 10.7 Å². The Kier molecular flexibility index (Phi) is 3.62. The number of pyridine rings is 1. The molecular weight excluding hydrogens is 296 g/mol. The molecule has 0 fully saturated rings. The van der Waals surface area contributed by atoms with Gasteiger partial charge in [-0.05, 0) is 42.8 Å². The van der Waals surface area contributed by atoms with Crippen LogP contribution in [0.4, 0.5) is 0 Å². The smallest absolute Gasteiger partial charge is 0.254 e. The minimum Gasteiger partial charge on any atom is -0.438 e. The molecule has 1 aromatic carbocycles. The van der Waals surface area contributed by atoms with E-state index in [4.69, 9.17) is 10.5 Å². The zero-order chi connectivity index (χ0) is 13.1. The third kappa shape index (κ3) is 2.68. The molecule has 5 heteroatoms. The van der Waals surface area contributed by atoms with E-state index in [1.807, 2.05) is 12.1 Å². The fourth-order valence-corrected chi connectivity index (χ4v) is 1.79. The average molecular weight is 307 g/mol. The highest BCUT2D eigenvalue weighted by atomic mass is 79.9. The maximum absolute atomic E-state index is 11.4. The van der Waals surface area contributed by atoms with Crippen molar-refractivity contribution in [2.45, 2.75) is 6.92 Å². The summed E-state index contributed by atoms with van der Waals surface area (Å²) in [7, 11) is 0. The van der Waals surface area contributed by atoms with Crippen molar-refractivity contribution in [2.75, 3.05) is 0 Å². The third-order valence-electron chi connectivity index (χ3n) is 2.40. The summed E-state index contributed by atoms with van der Waals surface area (Å²) in [5.41, 5.74) is 6.37. The number of rotatable bonds is 3. The Morgan fingerprint density at radius 2 is 1.94 bits per heavy atom. The number of amides is 1. The molecule has 2 rings (SSSR count). The van der Waals surface area contributed by atoms with E-state index in [0.717, 1.165) is 10.0 Å². The molecule has 0 saturated carbocycles. The van der Waals surface area contributed by atoms with E-state index in [1.54, 1.807) is 31.3 Å². The lowest BCUT2D eigenvalue weighted by Crippen LogP contribution is -2.14. The van der Waals surface area contributed by atoms with Crippen LogP contribution in [0.15, 0.2) is 41.0 Å². The number of benzene rings is 1. The van der Waals surface area contributed by atoms with Gasteiger partial charge in [0.2, 0.25) is 5.88 Å². The molecule has 0 aliphatic rings. The molecule has 2 aromatic rings. The number of carbonyl (C=O) groups excluding carboxylic acids is 1. The monoisotopic (exact) mass is 306 g/mol. The molecule has 0 aliphatic carbocycles. The molecule has 2 N–H and O–H groups in total. The Morgan fingerprint density at radius 3 is 2.56 bits per heavy atom. The number of aryl methyl sites for hydroxylation is 1. The number of nitrogens with two attached hydrogens (primary N) is 1. The first kappa shape index (κ1) is 12.6. The number of aromatic nitrogens is 1. The van der Waals surface area contributed by atoms with Crippen LogP contribution < -0.4 is 10.5 Å². The van der Waals surface area contributed by atoms with E-state index in [1.165, 1.54) is 0 Å². The number of halogens is 1. The van der Waals surface area contributed by atoms with Gasteiger partial charge < -0.3 is 10.5 Å². The van der Waals surface area contributed by atoms with Crippen LogP contribution in [-0.4, -0.2) is 10.9 Å². The van der Waals surface area contributed by atoms with E-state index in [2.05, 4.69) is 20.9 Å². The molecule has 0 spiro atoms. The Balaban J connectivity index is 2.37. The predicted octanol–water partition coefficient (Wildman–Crippen LogP) is 3.04. The second-order valence-electron chi connectivity index (χ2n) is 3.73. The highest BCUT2D eigenvalue weighted by molar-refractivity contribution is 9.10. The molecule has 1 amide bonds. The quantitative estimate of drug-likeness (QED) is 0.948. The molecule has 4 nitrogen and oxygen atoms in total. The number of carbonyl (C=O) groups is 1. The van der Waals surface area contributed by atoms with E-state index in [-0.39, 0.29) is 5.88 Å². The zero-order valence-electron chi connectivity index (χ0n) is 9.68. The summed E-state index contributed by atoms with van der Waals surface area (Å²) in [5.74, 6) is 0.274. The molecular formula is C13H11BrN2O2. The van der Waals surface area contributed by atoms with Crippen LogP contribution in [0.25, 0.3) is 0 Å². The number of ether oxygens (including phenoxy) is 1. The zero-order valence-corrected chi connectivity index (χ0v) is 11.3. The normalized spacial score (nSPS) is 10.1. The first-order valence-corrected chi connectivity index (χ1v) is 6.06. The maximum Gasteiger partial charge on any atom is 0.254 e. The van der Waals surface area contributed by atoms with Gasteiger partial charge in [-0.2, -0.15) is 0 Å². The first-order chi connectivity index (χ1) is 8.58. The summed E-state index contributed by atoms with van der Waals surface area (Å²) >= 11 is 3.33. The second-order valence-corrected chi connectivity index (χ2v) is 4.64. The Morgan fingerprint density at radius 1 is 1.28 bits per heavy atom. The van der Waals surface area contributed by atoms with Crippen LogP contribution in [0.5, 0.6) is 11.6 Å². The van der Waals surface area contributed by atoms with Crippen LogP contribution in [0, 0.1) is 6.92 Å². The van der Waals surface area contributed by atoms with E-state index in [9.17, 15) is 4.79 Å². The summed E-state index contributed by atoms with van der Waals surface area (Å²) in [6, 6.07) is 8.95. The van der Waals surface area contributed by atoms with Crippen LogP contribution in [-0.2, 0) is 0 Å². The largest absolute Gasteiger partial charge is 0.438 e. The Bertz CT molecular complexity index is 582. The van der Waals surface area contributed by atoms with E-state index >= 15 is 0 Å². The van der Waals surface area contributed by atoms with Crippen molar-refractivity contribution in [2.24, 2.45) is 5.73 Å². The number of hydrogen-bond donors (Lipinski definition) is 1. The molecule has 18 heavy (non-hydrogen) atoms. The van der Waals surface area contributed by atoms with Crippen molar-refractivity contribution >= 4 is 21.8 Å². The van der Waals surface area contributed by atoms with Gasteiger partial charge in [-0.3, -0.25) is 4.79 Å². The third-order valence-corrected chi connectivity index (χ3v) is 2.93. The molecule has 1 heterocycles. The van der Waals surface area contributed by atoms with E-state index < -0.39 is 5.91 Å². The molecule has 0 saturated heterocycles. The van der Waals surface area contributed by atoms with Gasteiger partial charge in [-0.15, -0.1) is 0 Å². The molecule has 1 aromatic heterocycles. The van der Waals surface area contributed by atoms with Crippen LogP contribution in [0.1, 0.15) is 15.9 Å². The lowest BCUT2D eigenvalue weighted by molar-refractivity contribution is 0.0997. The summed E-state index contributed by atoms with van der Waals surface area (Å²) < 4.78 is 6.52. The minimum absolute atomic E-state index is 0.227. The van der Waals surface area contributed by atoms with Gasteiger partial charge in [0.15, 0.2) is 0 Å². The highest BCUT2D eigenvalue weighted by Crippen LogP contribution is 2.25. The van der Waals surface area contributed by atoms with Gasteiger partial charge in [0.1, 0.15) is 11.3 Å². The number of hydrogen-bond acceptors (Lipinski definition) is 3. The summed E-state index contributed by atoms with van der Waals surface area (Å²) in [4.78, 5) is 15.4. The summed E-state index contributed by atoms with van der Waals surface area (Å²) in [6.07, 6.45) is 1.58. The van der Waals surface area contributed by atoms with Gasteiger partial charge in [0.25, 0.3) is 5.91 Å². The van der Waals surface area contributed by atoms with Crippen molar-refractivity contribution in [3.8, 4) is 11.6 Å². The number of nitrogens with zero attached hydrogens (tertiary/aromatic N) is 1. The Hall–Kier alpha value is -1.88. The average Bonchev–Trinajstić information content (AvgIpc) is 2.32. The summed E-state index contributed by atoms with van der Waals surface area (Å²) in [5, 5.41) is 0. The maximum atomic E-state index is 11.4. The first-order valence-electron chi connectivity index (χ1n) is 5.27. The molecule has 0 aliphatic heterocycles. The molecule has 92 valence electrons. The highest BCUT2D eigenvalue weighted by Gasteiger charge is 2.14. The lowest BCUT2D eigenvalue weighted by atomic mass is 10.1. The van der Waals surface area contributed by atoms with Crippen molar-refractivity contribution in [1.29, 1.82) is 0 Å². The standard InChI is InChI=1S/C13H11BrN2O2/c1-8-6-7-16-13(11(8)12(15)17)18-10-4-2-9(14)3-5-10/h2-7H,1H3,(H2,15,17). The van der Waals surface area contributed by atoms with Crippen LogP contribution in [0.3, 0.4) is 0 Å². The molecule has 0 unspecified atom stereocenters. The second kappa shape index (κ2) is 5.18. The van der Waals surface area contributed by atoms with Gasteiger partial charge in [0.05, 0.1) is 0 Å². The van der Waals surface area contributed by atoms with E-state index in [0.29, 0.717) is 11.3 Å². The molecule has 0 bridgehead atoms. The minimum atomic E-state index is -0.548.